The van der Waals surface area contributed by atoms with Gasteiger partial charge in [0.1, 0.15) is 0 Å². The van der Waals surface area contributed by atoms with Crippen LogP contribution in [0.5, 0.6) is 0 Å². The van der Waals surface area contributed by atoms with Crippen LogP contribution in [0.3, 0.4) is 0 Å². The van der Waals surface area contributed by atoms with Gasteiger partial charge in [0, 0.05) is 17.6 Å². The Morgan fingerprint density at radius 1 is 1.31 bits per heavy atom. The summed E-state index contributed by atoms with van der Waals surface area (Å²) in [5.41, 5.74) is 0.188. The van der Waals surface area contributed by atoms with E-state index < -0.39 is 0 Å². The second kappa shape index (κ2) is 3.97. The number of aliphatic hydroxyl groups excluding tert-OH is 1. The lowest BCUT2D eigenvalue weighted by atomic mass is 9.90. The van der Waals surface area contributed by atoms with Gasteiger partial charge in [-0.2, -0.15) is 0 Å². The number of rotatable bonds is 1. The molecule has 0 aromatic carbocycles. The first-order chi connectivity index (χ1) is 5.96. The lowest BCUT2D eigenvalue weighted by Gasteiger charge is -2.48. The van der Waals surface area contributed by atoms with E-state index in [0.717, 1.165) is 6.42 Å². The maximum Gasteiger partial charge on any atom is 0.0587 e. The molecule has 0 radical (unpaired) electrons. The molecule has 1 fully saturated rings. The largest absolute Gasteiger partial charge is 0.395 e. The van der Waals surface area contributed by atoms with Gasteiger partial charge in [-0.05, 0) is 40.5 Å². The molecule has 0 aliphatic carbocycles. The number of hydrogen-bond acceptors (Lipinski definition) is 2. The Morgan fingerprint density at radius 2 is 1.92 bits per heavy atom. The van der Waals surface area contributed by atoms with E-state index in [1.807, 2.05) is 0 Å². The molecule has 0 amide bonds. The minimum absolute atomic E-state index is 0.188. The van der Waals surface area contributed by atoms with E-state index in [1.165, 1.54) is 12.8 Å². The third-order valence-corrected chi connectivity index (χ3v) is 3.01. The number of piperidine rings is 1. The first-order valence-corrected chi connectivity index (χ1v) is 5.36. The van der Waals surface area contributed by atoms with E-state index in [-0.39, 0.29) is 5.54 Å². The molecule has 0 aromatic rings. The Hall–Kier alpha value is -0.0800. The molecular weight excluding hydrogens is 162 g/mol. The fourth-order valence-corrected chi connectivity index (χ4v) is 2.68. The van der Waals surface area contributed by atoms with E-state index >= 15 is 0 Å². The van der Waals surface area contributed by atoms with Crippen LogP contribution in [0.15, 0.2) is 0 Å². The van der Waals surface area contributed by atoms with Crippen molar-refractivity contribution in [2.24, 2.45) is 0 Å². The van der Waals surface area contributed by atoms with Crippen LogP contribution < -0.4 is 0 Å². The fraction of sp³-hybridized carbons (Fsp3) is 1.00. The third kappa shape index (κ3) is 2.44. The quantitative estimate of drug-likeness (QED) is 0.675. The zero-order chi connectivity index (χ0) is 10.1. The fourth-order valence-electron chi connectivity index (χ4n) is 2.68. The molecule has 1 aliphatic heterocycles. The molecule has 2 heteroatoms. The standard InChI is InChI=1S/C11H23NO/c1-9-6-5-7-10(8-13)12(9)11(2,3)4/h9-10,13H,5-8H2,1-4H3. The summed E-state index contributed by atoms with van der Waals surface area (Å²) in [6.45, 7) is 9.28. The molecule has 1 N–H and O–H groups in total. The summed E-state index contributed by atoms with van der Waals surface area (Å²) in [4.78, 5) is 2.47. The molecule has 13 heavy (non-hydrogen) atoms. The second-order valence-electron chi connectivity index (χ2n) is 5.19. The molecule has 2 nitrogen and oxygen atoms in total. The van der Waals surface area contributed by atoms with Gasteiger partial charge >= 0.3 is 0 Å². The van der Waals surface area contributed by atoms with Crippen molar-refractivity contribution in [3.05, 3.63) is 0 Å². The van der Waals surface area contributed by atoms with Crippen LogP contribution in [-0.4, -0.2) is 34.2 Å². The summed E-state index contributed by atoms with van der Waals surface area (Å²) < 4.78 is 0. The van der Waals surface area contributed by atoms with E-state index in [2.05, 4.69) is 32.6 Å². The van der Waals surface area contributed by atoms with Crippen molar-refractivity contribution in [1.82, 2.24) is 4.90 Å². The highest BCUT2D eigenvalue weighted by Crippen LogP contribution is 2.29. The lowest BCUT2D eigenvalue weighted by Crippen LogP contribution is -2.56. The number of likely N-dealkylation sites (tertiary alicyclic amines) is 1. The average Bonchev–Trinajstić information content (AvgIpc) is 2.01. The zero-order valence-corrected chi connectivity index (χ0v) is 9.38. The van der Waals surface area contributed by atoms with E-state index in [1.54, 1.807) is 0 Å². The third-order valence-electron chi connectivity index (χ3n) is 3.01. The van der Waals surface area contributed by atoms with Crippen molar-refractivity contribution in [1.29, 1.82) is 0 Å². The molecule has 1 rings (SSSR count). The number of aliphatic hydroxyl groups is 1. The Bertz CT molecular complexity index is 162. The lowest BCUT2D eigenvalue weighted by molar-refractivity contribution is -0.0159. The molecule has 1 heterocycles. The molecule has 0 bridgehead atoms. The van der Waals surface area contributed by atoms with Crippen LogP contribution in [0.1, 0.15) is 47.0 Å². The van der Waals surface area contributed by atoms with Crippen LogP contribution in [0, 0.1) is 0 Å². The van der Waals surface area contributed by atoms with Gasteiger partial charge in [0.15, 0.2) is 0 Å². The SMILES string of the molecule is CC1CCCC(CO)N1C(C)(C)C. The summed E-state index contributed by atoms with van der Waals surface area (Å²) in [6, 6.07) is 0.995. The van der Waals surface area contributed by atoms with Crippen molar-refractivity contribution < 1.29 is 5.11 Å². The van der Waals surface area contributed by atoms with Crippen LogP contribution in [0.2, 0.25) is 0 Å². The summed E-state index contributed by atoms with van der Waals surface area (Å²) in [7, 11) is 0. The molecule has 0 spiro atoms. The number of nitrogens with zero attached hydrogens (tertiary/aromatic N) is 1. The predicted octanol–water partition coefficient (Wildman–Crippen LogP) is 2.02. The predicted molar refractivity (Wildman–Crippen MR) is 55.8 cm³/mol. The monoisotopic (exact) mass is 185 g/mol. The summed E-state index contributed by atoms with van der Waals surface area (Å²) >= 11 is 0. The molecule has 78 valence electrons. The highest BCUT2D eigenvalue weighted by atomic mass is 16.3. The van der Waals surface area contributed by atoms with Crippen molar-refractivity contribution in [2.45, 2.75) is 64.6 Å². The Labute approximate surface area is 81.9 Å². The van der Waals surface area contributed by atoms with E-state index in [0.29, 0.717) is 18.7 Å². The van der Waals surface area contributed by atoms with Gasteiger partial charge in [0.2, 0.25) is 0 Å². The smallest absolute Gasteiger partial charge is 0.0587 e. The maximum atomic E-state index is 9.30. The summed E-state index contributed by atoms with van der Waals surface area (Å²) in [6.07, 6.45) is 3.69. The van der Waals surface area contributed by atoms with Gasteiger partial charge in [-0.25, -0.2) is 0 Å². The summed E-state index contributed by atoms with van der Waals surface area (Å²) in [5, 5.41) is 9.30. The van der Waals surface area contributed by atoms with Crippen LogP contribution in [0.4, 0.5) is 0 Å². The van der Waals surface area contributed by atoms with Gasteiger partial charge in [-0.15, -0.1) is 0 Å². The molecule has 2 unspecified atom stereocenters. The topological polar surface area (TPSA) is 23.5 Å². The Kier molecular flexibility index (Phi) is 3.36. The van der Waals surface area contributed by atoms with Crippen LogP contribution in [-0.2, 0) is 0 Å². The van der Waals surface area contributed by atoms with Gasteiger partial charge in [-0.3, -0.25) is 4.90 Å². The molecule has 0 saturated carbocycles. The minimum atomic E-state index is 0.188. The second-order valence-corrected chi connectivity index (χ2v) is 5.19. The first kappa shape index (κ1) is 11.0. The molecule has 1 aliphatic rings. The highest BCUT2D eigenvalue weighted by molar-refractivity contribution is 4.90. The Balaban J connectivity index is 2.73. The van der Waals surface area contributed by atoms with Crippen LogP contribution in [0.25, 0.3) is 0 Å². The van der Waals surface area contributed by atoms with Crippen molar-refractivity contribution >= 4 is 0 Å². The van der Waals surface area contributed by atoms with Gasteiger partial charge in [0.05, 0.1) is 6.61 Å². The van der Waals surface area contributed by atoms with Crippen molar-refractivity contribution in [3.63, 3.8) is 0 Å². The van der Waals surface area contributed by atoms with E-state index in [4.69, 9.17) is 0 Å². The van der Waals surface area contributed by atoms with Crippen molar-refractivity contribution in [2.75, 3.05) is 6.61 Å². The maximum absolute atomic E-state index is 9.30. The average molecular weight is 185 g/mol. The Morgan fingerprint density at radius 3 is 2.31 bits per heavy atom. The summed E-state index contributed by atoms with van der Waals surface area (Å²) in [5.74, 6) is 0. The highest BCUT2D eigenvalue weighted by Gasteiger charge is 2.34. The molecular formula is C11H23NO. The van der Waals surface area contributed by atoms with Gasteiger partial charge in [-0.1, -0.05) is 6.42 Å². The minimum Gasteiger partial charge on any atom is -0.395 e. The molecule has 2 atom stereocenters. The van der Waals surface area contributed by atoms with E-state index in [9.17, 15) is 5.11 Å². The van der Waals surface area contributed by atoms with Crippen molar-refractivity contribution in [3.8, 4) is 0 Å². The zero-order valence-electron chi connectivity index (χ0n) is 9.38. The van der Waals surface area contributed by atoms with Gasteiger partial charge < -0.3 is 5.11 Å². The molecule has 1 saturated heterocycles. The molecule has 0 aromatic heterocycles. The normalized spacial score (nSPS) is 32.1. The first-order valence-electron chi connectivity index (χ1n) is 5.36. The van der Waals surface area contributed by atoms with Crippen LogP contribution >= 0.6 is 0 Å². The van der Waals surface area contributed by atoms with Gasteiger partial charge in [0.25, 0.3) is 0 Å². The number of hydrogen-bond donors (Lipinski definition) is 1.